The van der Waals surface area contributed by atoms with Gasteiger partial charge in [0.2, 0.25) is 11.8 Å². The number of pyridine rings is 1. The van der Waals surface area contributed by atoms with Gasteiger partial charge >= 0.3 is 0 Å². The van der Waals surface area contributed by atoms with E-state index in [1.165, 1.54) is 9.58 Å². The summed E-state index contributed by atoms with van der Waals surface area (Å²) >= 11 is 3.25. The van der Waals surface area contributed by atoms with Gasteiger partial charge in [0.15, 0.2) is 5.69 Å². The fourth-order valence-corrected chi connectivity index (χ4v) is 3.37. The van der Waals surface area contributed by atoms with E-state index in [1.54, 1.807) is 42.5 Å². The van der Waals surface area contributed by atoms with E-state index >= 15 is 0 Å². The van der Waals surface area contributed by atoms with E-state index in [4.69, 9.17) is 5.73 Å². The van der Waals surface area contributed by atoms with Gasteiger partial charge in [0, 0.05) is 11.4 Å². The molecule has 2 aromatic heterocycles. The minimum Gasteiger partial charge on any atom is -0.364 e. The van der Waals surface area contributed by atoms with Crippen LogP contribution >= 0.6 is 15.9 Å². The molecule has 156 valence electrons. The highest BCUT2D eigenvalue weighted by Crippen LogP contribution is 2.18. The van der Waals surface area contributed by atoms with Crippen LogP contribution in [0.25, 0.3) is 10.9 Å². The van der Waals surface area contributed by atoms with E-state index in [2.05, 4.69) is 31.3 Å². The largest absolute Gasteiger partial charge is 0.364 e. The van der Waals surface area contributed by atoms with Gasteiger partial charge in [-0.05, 0) is 48.0 Å². The predicted molar refractivity (Wildman–Crippen MR) is 116 cm³/mol. The lowest BCUT2D eigenvalue weighted by atomic mass is 10.2. The topological polar surface area (TPSA) is 123 Å². The molecule has 0 atom stereocenters. The minimum absolute atomic E-state index is 0.105. The molecule has 0 aliphatic rings. The van der Waals surface area contributed by atoms with E-state index in [0.717, 1.165) is 0 Å². The van der Waals surface area contributed by atoms with Crippen molar-refractivity contribution in [3.63, 3.8) is 0 Å². The minimum atomic E-state index is -0.668. The maximum Gasteiger partial charge on any atom is 0.269 e. The Morgan fingerprint density at radius 2 is 1.90 bits per heavy atom. The summed E-state index contributed by atoms with van der Waals surface area (Å²) in [4.78, 5) is 42.7. The second-order valence-corrected chi connectivity index (χ2v) is 7.71. The van der Waals surface area contributed by atoms with Crippen LogP contribution in [0.1, 0.15) is 24.3 Å². The molecular formula is C20H21BrN6O3. The Hall–Kier alpha value is -3.27. The number of para-hydroxylation sites is 1. The highest BCUT2D eigenvalue weighted by atomic mass is 79.9. The van der Waals surface area contributed by atoms with Crippen molar-refractivity contribution in [2.45, 2.75) is 26.4 Å². The number of amides is 3. The summed E-state index contributed by atoms with van der Waals surface area (Å²) in [6.45, 7) is 3.36. The first-order valence-electron chi connectivity index (χ1n) is 9.23. The van der Waals surface area contributed by atoms with Crippen molar-refractivity contribution in [3.05, 3.63) is 52.8 Å². The molecule has 0 saturated carbocycles. The number of nitrogens with zero attached hydrogens (tertiary/aromatic N) is 4. The van der Waals surface area contributed by atoms with Crippen molar-refractivity contribution < 1.29 is 14.4 Å². The Bertz CT molecular complexity index is 1110. The summed E-state index contributed by atoms with van der Waals surface area (Å²) in [5.41, 5.74) is 6.13. The number of hydrogen-bond donors (Lipinski definition) is 2. The van der Waals surface area contributed by atoms with Gasteiger partial charge < -0.3 is 16.0 Å². The number of fused-ring (bicyclic) bond motifs is 1. The first-order valence-corrected chi connectivity index (χ1v) is 10.0. The number of anilines is 1. The first-order chi connectivity index (χ1) is 14.3. The molecule has 10 heteroatoms. The standard InChI is InChI=1S/C20H21BrN6O3/c1-12(2)26(10-17(28)24-16-9-5-8-15(21)23-16)18(29)11-27-14-7-4-3-6-13(14)19(25-27)20(22)30/h3-9,12H,10-11H2,1-2H3,(H2,22,30)(H,23,24,28). The number of primary amides is 1. The Labute approximate surface area is 181 Å². The van der Waals surface area contributed by atoms with E-state index in [1.807, 2.05) is 13.8 Å². The average Bonchev–Trinajstić information content (AvgIpc) is 3.05. The third-order valence-electron chi connectivity index (χ3n) is 4.42. The smallest absolute Gasteiger partial charge is 0.269 e. The third-order valence-corrected chi connectivity index (χ3v) is 4.86. The quantitative estimate of drug-likeness (QED) is 0.510. The summed E-state index contributed by atoms with van der Waals surface area (Å²) in [6.07, 6.45) is 0. The third kappa shape index (κ3) is 4.82. The zero-order valence-electron chi connectivity index (χ0n) is 16.5. The molecule has 2 heterocycles. The van der Waals surface area contributed by atoms with Gasteiger partial charge in [-0.3, -0.25) is 19.1 Å². The lowest BCUT2D eigenvalue weighted by Gasteiger charge is -2.26. The van der Waals surface area contributed by atoms with Gasteiger partial charge in [0.05, 0.1) is 5.52 Å². The summed E-state index contributed by atoms with van der Waals surface area (Å²) in [5, 5.41) is 7.46. The fourth-order valence-electron chi connectivity index (χ4n) is 3.02. The van der Waals surface area contributed by atoms with Crippen LogP contribution in [0.15, 0.2) is 47.1 Å². The highest BCUT2D eigenvalue weighted by Gasteiger charge is 2.23. The maximum absolute atomic E-state index is 13.0. The van der Waals surface area contributed by atoms with Crippen molar-refractivity contribution in [3.8, 4) is 0 Å². The molecule has 0 aliphatic carbocycles. The molecule has 0 saturated heterocycles. The van der Waals surface area contributed by atoms with Crippen molar-refractivity contribution in [2.75, 3.05) is 11.9 Å². The van der Waals surface area contributed by atoms with Crippen LogP contribution in [0.2, 0.25) is 0 Å². The predicted octanol–water partition coefficient (Wildman–Crippen LogP) is 2.17. The summed E-state index contributed by atoms with van der Waals surface area (Å²) in [5.74, 6) is -0.967. The van der Waals surface area contributed by atoms with Crippen LogP contribution in [0, 0.1) is 0 Å². The van der Waals surface area contributed by atoms with Gasteiger partial charge in [-0.1, -0.05) is 24.3 Å². The van der Waals surface area contributed by atoms with Gasteiger partial charge in [0.25, 0.3) is 5.91 Å². The SMILES string of the molecule is CC(C)N(CC(=O)Nc1cccc(Br)n1)C(=O)Cn1nc(C(N)=O)c2ccccc21. The molecule has 3 rings (SSSR count). The Balaban J connectivity index is 1.77. The maximum atomic E-state index is 13.0. The van der Waals surface area contributed by atoms with Crippen molar-refractivity contribution in [1.82, 2.24) is 19.7 Å². The van der Waals surface area contributed by atoms with Crippen LogP contribution in [0.4, 0.5) is 5.82 Å². The second kappa shape index (κ2) is 9.04. The van der Waals surface area contributed by atoms with Crippen LogP contribution in [-0.4, -0.2) is 50.0 Å². The number of nitrogens with one attached hydrogen (secondary N) is 1. The number of halogens is 1. The number of nitrogens with two attached hydrogens (primary N) is 1. The van der Waals surface area contributed by atoms with Gasteiger partial charge in [0.1, 0.15) is 23.5 Å². The van der Waals surface area contributed by atoms with Crippen molar-refractivity contribution in [1.29, 1.82) is 0 Å². The molecule has 0 aliphatic heterocycles. The summed E-state index contributed by atoms with van der Waals surface area (Å²) in [6, 6.07) is 12.0. The van der Waals surface area contributed by atoms with E-state index in [9.17, 15) is 14.4 Å². The normalized spacial score (nSPS) is 10.9. The lowest BCUT2D eigenvalue weighted by Crippen LogP contribution is -2.44. The van der Waals surface area contributed by atoms with Crippen molar-refractivity contribution >= 4 is 50.4 Å². The lowest BCUT2D eigenvalue weighted by molar-refractivity contribution is -0.137. The van der Waals surface area contributed by atoms with E-state index in [-0.39, 0.29) is 36.6 Å². The molecular weight excluding hydrogens is 452 g/mol. The molecule has 3 amide bonds. The molecule has 1 aromatic carbocycles. The van der Waals surface area contributed by atoms with Crippen LogP contribution in [-0.2, 0) is 16.1 Å². The molecule has 0 unspecified atom stereocenters. The zero-order valence-corrected chi connectivity index (χ0v) is 18.1. The van der Waals surface area contributed by atoms with Gasteiger partial charge in [-0.15, -0.1) is 0 Å². The zero-order chi connectivity index (χ0) is 21.8. The molecule has 9 nitrogen and oxygen atoms in total. The van der Waals surface area contributed by atoms with Crippen LogP contribution in [0.5, 0.6) is 0 Å². The molecule has 30 heavy (non-hydrogen) atoms. The van der Waals surface area contributed by atoms with Gasteiger partial charge in [-0.25, -0.2) is 4.98 Å². The number of carbonyl (C=O) groups excluding carboxylic acids is 3. The van der Waals surface area contributed by atoms with Crippen LogP contribution < -0.4 is 11.1 Å². The number of carbonyl (C=O) groups is 3. The van der Waals surface area contributed by atoms with Crippen molar-refractivity contribution in [2.24, 2.45) is 5.73 Å². The molecule has 0 radical (unpaired) electrons. The van der Waals surface area contributed by atoms with E-state index in [0.29, 0.717) is 21.3 Å². The number of rotatable bonds is 7. The monoisotopic (exact) mass is 472 g/mol. The Kier molecular flexibility index (Phi) is 6.46. The second-order valence-electron chi connectivity index (χ2n) is 6.90. The number of aromatic nitrogens is 3. The summed E-state index contributed by atoms with van der Waals surface area (Å²) < 4.78 is 2.02. The Morgan fingerprint density at radius 1 is 1.17 bits per heavy atom. The first kappa shape index (κ1) is 21.4. The molecule has 0 spiro atoms. The molecule has 0 bridgehead atoms. The fraction of sp³-hybridized carbons (Fsp3) is 0.250. The van der Waals surface area contributed by atoms with E-state index < -0.39 is 5.91 Å². The average molecular weight is 473 g/mol. The van der Waals surface area contributed by atoms with Crippen LogP contribution in [0.3, 0.4) is 0 Å². The molecule has 3 aromatic rings. The molecule has 3 N–H and O–H groups in total. The number of hydrogen-bond acceptors (Lipinski definition) is 5. The highest BCUT2D eigenvalue weighted by molar-refractivity contribution is 9.10. The summed E-state index contributed by atoms with van der Waals surface area (Å²) in [7, 11) is 0. The molecule has 0 fully saturated rings. The van der Waals surface area contributed by atoms with Gasteiger partial charge in [-0.2, -0.15) is 5.10 Å². The number of benzene rings is 1. The Morgan fingerprint density at radius 3 is 2.57 bits per heavy atom.